The molecule has 1 saturated heterocycles. The number of piperidine rings is 1. The van der Waals surface area contributed by atoms with Crippen LogP contribution in [0.15, 0.2) is 54.9 Å². The molecule has 0 saturated carbocycles. The summed E-state index contributed by atoms with van der Waals surface area (Å²) in [6.45, 7) is 3.40. The van der Waals surface area contributed by atoms with E-state index in [1.807, 2.05) is 24.0 Å². The van der Waals surface area contributed by atoms with Gasteiger partial charge in [-0.15, -0.1) is 0 Å². The molecule has 1 aliphatic rings. The molecule has 1 N–H and O–H groups in total. The molecule has 0 atom stereocenters. The lowest BCUT2D eigenvalue weighted by Crippen LogP contribution is -2.38. The van der Waals surface area contributed by atoms with E-state index in [-0.39, 0.29) is 11.7 Å². The molecule has 2 aromatic carbocycles. The smallest absolute Gasteiger partial charge is 0.257 e. The van der Waals surface area contributed by atoms with Gasteiger partial charge in [-0.3, -0.25) is 4.79 Å². The quantitative estimate of drug-likeness (QED) is 0.465. The molecule has 0 radical (unpaired) electrons. The number of H-pyrrole nitrogens is 1. The fourth-order valence-electron chi connectivity index (χ4n) is 4.85. The predicted molar refractivity (Wildman–Crippen MR) is 126 cm³/mol. The van der Waals surface area contributed by atoms with Crippen LogP contribution in [0.4, 0.5) is 4.39 Å². The van der Waals surface area contributed by atoms with Crippen molar-refractivity contribution in [1.82, 2.24) is 19.7 Å². The van der Waals surface area contributed by atoms with Gasteiger partial charge in [0.05, 0.1) is 30.3 Å². The van der Waals surface area contributed by atoms with E-state index >= 15 is 0 Å². The monoisotopic (exact) mass is 446 g/mol. The van der Waals surface area contributed by atoms with Crippen LogP contribution in [-0.4, -0.2) is 45.8 Å². The van der Waals surface area contributed by atoms with Crippen LogP contribution in [0.2, 0.25) is 0 Å². The Hall–Kier alpha value is -3.61. The number of nitrogens with zero attached hydrogens (tertiary/aromatic N) is 3. The highest BCUT2D eigenvalue weighted by atomic mass is 19.1. The van der Waals surface area contributed by atoms with Gasteiger partial charge in [0.25, 0.3) is 5.91 Å². The van der Waals surface area contributed by atoms with E-state index in [4.69, 9.17) is 4.74 Å². The number of ether oxygens (including phenoxy) is 1. The van der Waals surface area contributed by atoms with Crippen molar-refractivity contribution in [3.05, 3.63) is 77.5 Å². The number of rotatable bonds is 5. The van der Waals surface area contributed by atoms with Crippen molar-refractivity contribution in [2.45, 2.75) is 32.1 Å². The minimum absolute atomic E-state index is 0.0132. The number of hydrogen-bond donors (Lipinski definition) is 1. The highest BCUT2D eigenvalue weighted by Crippen LogP contribution is 2.35. The second-order valence-electron chi connectivity index (χ2n) is 8.47. The van der Waals surface area contributed by atoms with Gasteiger partial charge in [0, 0.05) is 30.2 Å². The second kappa shape index (κ2) is 8.73. The summed E-state index contributed by atoms with van der Waals surface area (Å²) in [4.78, 5) is 18.6. The van der Waals surface area contributed by atoms with E-state index < -0.39 is 0 Å². The third kappa shape index (κ3) is 3.88. The highest BCUT2D eigenvalue weighted by molar-refractivity contribution is 5.95. The van der Waals surface area contributed by atoms with Gasteiger partial charge < -0.3 is 14.6 Å². The van der Waals surface area contributed by atoms with E-state index in [0.29, 0.717) is 31.0 Å². The number of nitrogens with one attached hydrogen (secondary N) is 1. The number of fused-ring (bicyclic) bond motifs is 1. The number of methoxy groups -OCH3 is 1. The largest absolute Gasteiger partial charge is 0.497 e. The average Bonchev–Trinajstić information content (AvgIpc) is 3.48. The first-order valence-electron chi connectivity index (χ1n) is 11.4. The van der Waals surface area contributed by atoms with Crippen molar-refractivity contribution in [2.75, 3.05) is 20.2 Å². The maximum atomic E-state index is 13.4. The molecule has 2 aromatic heterocycles. The Labute approximate surface area is 192 Å². The molecule has 3 heterocycles. The molecule has 5 rings (SSSR count). The van der Waals surface area contributed by atoms with Gasteiger partial charge in [0.15, 0.2) is 0 Å². The highest BCUT2D eigenvalue weighted by Gasteiger charge is 2.28. The summed E-state index contributed by atoms with van der Waals surface area (Å²) >= 11 is 0. The van der Waals surface area contributed by atoms with Crippen molar-refractivity contribution >= 4 is 16.8 Å². The number of likely N-dealkylation sites (tertiary alicyclic amines) is 1. The van der Waals surface area contributed by atoms with Gasteiger partial charge in [-0.05, 0) is 73.2 Å². The number of carbonyl (C=O) groups excluding carboxylic acids is 1. The maximum Gasteiger partial charge on any atom is 0.257 e. The van der Waals surface area contributed by atoms with E-state index in [1.54, 1.807) is 30.1 Å². The molecule has 1 aliphatic heterocycles. The molecule has 1 amide bonds. The van der Waals surface area contributed by atoms with Crippen molar-refractivity contribution < 1.29 is 13.9 Å². The van der Waals surface area contributed by atoms with E-state index in [2.05, 4.69) is 22.3 Å². The SMILES string of the molecule is CCc1c(C(=O)N2CCC(c3c[nH]c4ccc(OC)cc34)CC2)cnn1-c1ccc(F)cc1. The van der Waals surface area contributed by atoms with E-state index in [0.717, 1.165) is 35.5 Å². The summed E-state index contributed by atoms with van der Waals surface area (Å²) in [5.41, 5.74) is 4.61. The van der Waals surface area contributed by atoms with Crippen LogP contribution in [0.3, 0.4) is 0 Å². The molecule has 6 nitrogen and oxygen atoms in total. The molecular formula is C26H27FN4O2. The zero-order valence-corrected chi connectivity index (χ0v) is 18.8. The normalized spacial score (nSPS) is 14.7. The van der Waals surface area contributed by atoms with Gasteiger partial charge in [-0.1, -0.05) is 6.92 Å². The van der Waals surface area contributed by atoms with Crippen LogP contribution < -0.4 is 4.74 Å². The van der Waals surface area contributed by atoms with Crippen molar-refractivity contribution in [3.8, 4) is 11.4 Å². The lowest BCUT2D eigenvalue weighted by atomic mass is 9.89. The summed E-state index contributed by atoms with van der Waals surface area (Å²) in [5.74, 6) is 0.958. The average molecular weight is 447 g/mol. The molecule has 0 spiro atoms. The molecule has 0 bridgehead atoms. The second-order valence-corrected chi connectivity index (χ2v) is 8.47. The van der Waals surface area contributed by atoms with Crippen LogP contribution in [0.5, 0.6) is 5.75 Å². The Kier molecular flexibility index (Phi) is 5.62. The molecule has 1 fully saturated rings. The molecule has 0 aliphatic carbocycles. The molecule has 33 heavy (non-hydrogen) atoms. The van der Waals surface area contributed by atoms with Crippen molar-refractivity contribution in [2.24, 2.45) is 0 Å². The standard InChI is InChI=1S/C26H27FN4O2/c1-3-25-23(16-29-31(25)19-6-4-18(27)5-7-19)26(32)30-12-10-17(11-13-30)22-15-28-24-9-8-20(33-2)14-21(22)24/h4-9,14-17,28H,3,10-13H2,1-2H3. The molecule has 7 heteroatoms. The predicted octanol–water partition coefficient (Wildman–Crippen LogP) is 5.08. The summed E-state index contributed by atoms with van der Waals surface area (Å²) in [7, 11) is 1.68. The van der Waals surface area contributed by atoms with E-state index in [9.17, 15) is 9.18 Å². The van der Waals surface area contributed by atoms with Crippen molar-refractivity contribution in [3.63, 3.8) is 0 Å². The fourth-order valence-corrected chi connectivity index (χ4v) is 4.85. The first-order chi connectivity index (χ1) is 16.1. The molecular weight excluding hydrogens is 419 g/mol. The number of aromatic amines is 1. The van der Waals surface area contributed by atoms with Gasteiger partial charge in [-0.2, -0.15) is 5.10 Å². The third-order valence-electron chi connectivity index (χ3n) is 6.65. The third-order valence-corrected chi connectivity index (χ3v) is 6.65. The minimum Gasteiger partial charge on any atom is -0.497 e. The van der Waals surface area contributed by atoms with Gasteiger partial charge in [-0.25, -0.2) is 9.07 Å². The summed E-state index contributed by atoms with van der Waals surface area (Å²) in [6.07, 6.45) is 6.20. The first-order valence-corrected chi connectivity index (χ1v) is 11.4. The number of benzene rings is 2. The number of amides is 1. The van der Waals surface area contributed by atoms with Crippen LogP contribution in [0, 0.1) is 5.82 Å². The van der Waals surface area contributed by atoms with Crippen LogP contribution in [0.1, 0.15) is 47.3 Å². The van der Waals surface area contributed by atoms with Crippen LogP contribution in [0.25, 0.3) is 16.6 Å². The number of aromatic nitrogens is 3. The molecule has 4 aromatic rings. The summed E-state index contributed by atoms with van der Waals surface area (Å²) < 4.78 is 20.5. The maximum absolute atomic E-state index is 13.4. The Morgan fingerprint density at radius 3 is 2.64 bits per heavy atom. The first kappa shape index (κ1) is 21.2. The Morgan fingerprint density at radius 2 is 1.94 bits per heavy atom. The lowest BCUT2D eigenvalue weighted by Gasteiger charge is -2.32. The minimum atomic E-state index is -0.295. The fraction of sp³-hybridized carbons (Fsp3) is 0.308. The number of hydrogen-bond acceptors (Lipinski definition) is 3. The van der Waals surface area contributed by atoms with Crippen LogP contribution in [-0.2, 0) is 6.42 Å². The topological polar surface area (TPSA) is 63.1 Å². The zero-order valence-electron chi connectivity index (χ0n) is 18.8. The zero-order chi connectivity index (χ0) is 22.9. The lowest BCUT2D eigenvalue weighted by molar-refractivity contribution is 0.0712. The van der Waals surface area contributed by atoms with Crippen LogP contribution >= 0.6 is 0 Å². The van der Waals surface area contributed by atoms with E-state index in [1.165, 1.54) is 23.1 Å². The summed E-state index contributed by atoms with van der Waals surface area (Å²) in [5, 5.41) is 5.63. The van der Waals surface area contributed by atoms with Gasteiger partial charge in [0.1, 0.15) is 11.6 Å². The van der Waals surface area contributed by atoms with Crippen molar-refractivity contribution in [1.29, 1.82) is 0 Å². The summed E-state index contributed by atoms with van der Waals surface area (Å²) in [6, 6.07) is 12.2. The van der Waals surface area contributed by atoms with Gasteiger partial charge in [0.2, 0.25) is 0 Å². The molecule has 170 valence electrons. The number of carbonyl (C=O) groups is 1. The Morgan fingerprint density at radius 1 is 1.18 bits per heavy atom. The van der Waals surface area contributed by atoms with Gasteiger partial charge >= 0.3 is 0 Å². The number of halogens is 1. The Balaban J connectivity index is 1.33. The Bertz CT molecular complexity index is 1280. The molecule has 0 unspecified atom stereocenters.